The Morgan fingerprint density at radius 3 is 0.753 bits per heavy atom. The average molecular weight is 1000 g/mol. The van der Waals surface area contributed by atoms with Crippen molar-refractivity contribution in [1.29, 1.82) is 0 Å². The lowest BCUT2D eigenvalue weighted by Crippen LogP contribution is -2.06. The standard InChI is InChI=1S/C72H48N4S/c1-4-22-53(23-5-1)77(54-24-6-2-7-25-54,55-26-8-3-9-27-55)56-28-20-21-49(45-56)73-69-38-19-14-33-61(69)62-46-50(39-42-70(62)73)76-71-43-40-51(74-65-34-15-10-29-57(65)58-30-11-16-35-66(58)74)47-63(71)64-48-52(41-44-72(64)76)75-67-36-17-12-31-59(67)60-32-13-18-37-68(60)75/h1-48H. The molecular formula is C72H48N4S. The third-order valence-corrected chi connectivity index (χ3v) is 19.9. The summed E-state index contributed by atoms with van der Waals surface area (Å²) in [4.78, 5) is 5.19. The second-order valence-corrected chi connectivity index (χ2v) is 23.2. The first-order valence-electron chi connectivity index (χ1n) is 26.4. The van der Waals surface area contributed by atoms with Crippen molar-refractivity contribution >= 4 is 97.3 Å². The first-order valence-corrected chi connectivity index (χ1v) is 28.0. The van der Waals surface area contributed by atoms with Crippen LogP contribution in [0.4, 0.5) is 0 Å². The maximum Gasteiger partial charge on any atom is 0.0542 e. The summed E-state index contributed by atoms with van der Waals surface area (Å²) in [6, 6.07) is 108. The molecule has 5 heteroatoms. The molecule has 0 saturated carbocycles. The number of benzene rings is 12. The van der Waals surface area contributed by atoms with E-state index in [0.717, 1.165) is 39.3 Å². The minimum atomic E-state index is -1.91. The molecule has 0 N–H and O–H groups in total. The number of para-hydroxylation sites is 5. The lowest BCUT2D eigenvalue weighted by molar-refractivity contribution is 1.14. The molecule has 0 aliphatic carbocycles. The Labute approximate surface area is 446 Å². The largest absolute Gasteiger partial charge is 0.309 e. The fraction of sp³-hybridized carbons (Fsp3) is 0. The molecule has 0 aliphatic heterocycles. The molecule has 4 aromatic heterocycles. The van der Waals surface area contributed by atoms with Crippen molar-refractivity contribution in [2.75, 3.05) is 0 Å². The predicted octanol–water partition coefficient (Wildman–Crippen LogP) is 19.4. The second-order valence-electron chi connectivity index (χ2n) is 20.1. The highest BCUT2D eigenvalue weighted by Crippen LogP contribution is 2.73. The van der Waals surface area contributed by atoms with Crippen LogP contribution in [0.2, 0.25) is 0 Å². The van der Waals surface area contributed by atoms with Gasteiger partial charge in [0.1, 0.15) is 0 Å². The van der Waals surface area contributed by atoms with Crippen LogP contribution in [-0.4, -0.2) is 18.3 Å². The molecule has 0 aliphatic rings. The summed E-state index contributed by atoms with van der Waals surface area (Å²) in [6.07, 6.45) is 0. The Bertz CT molecular complexity index is 4610. The van der Waals surface area contributed by atoms with Gasteiger partial charge in [0.05, 0.1) is 44.1 Å². The van der Waals surface area contributed by atoms with Gasteiger partial charge in [-0.15, -0.1) is 10.0 Å². The van der Waals surface area contributed by atoms with E-state index in [1.54, 1.807) is 0 Å². The normalized spacial score (nSPS) is 12.4. The van der Waals surface area contributed by atoms with Crippen LogP contribution < -0.4 is 0 Å². The van der Waals surface area contributed by atoms with Gasteiger partial charge in [-0.2, -0.15) is 0 Å². The number of hydrogen-bond acceptors (Lipinski definition) is 0. The van der Waals surface area contributed by atoms with Gasteiger partial charge in [0.25, 0.3) is 0 Å². The van der Waals surface area contributed by atoms with Gasteiger partial charge >= 0.3 is 0 Å². The Hall–Kier alpha value is -9.81. The van der Waals surface area contributed by atoms with Crippen LogP contribution in [0.15, 0.2) is 311 Å². The summed E-state index contributed by atoms with van der Waals surface area (Å²) in [6.45, 7) is 0. The molecule has 4 nitrogen and oxygen atoms in total. The van der Waals surface area contributed by atoms with E-state index in [9.17, 15) is 0 Å². The van der Waals surface area contributed by atoms with E-state index >= 15 is 0 Å². The third kappa shape index (κ3) is 6.41. The lowest BCUT2D eigenvalue weighted by Gasteiger charge is -2.42. The highest BCUT2D eigenvalue weighted by atomic mass is 32.3. The first-order chi connectivity index (χ1) is 38.2. The number of aromatic nitrogens is 4. The Kier molecular flexibility index (Phi) is 9.69. The van der Waals surface area contributed by atoms with Crippen LogP contribution >= 0.6 is 10.0 Å². The van der Waals surface area contributed by atoms with E-state index in [1.807, 2.05) is 0 Å². The summed E-state index contributed by atoms with van der Waals surface area (Å²) in [5.74, 6) is 0. The summed E-state index contributed by atoms with van der Waals surface area (Å²) in [5.41, 5.74) is 13.9. The van der Waals surface area contributed by atoms with Gasteiger partial charge in [-0.1, -0.05) is 152 Å². The maximum atomic E-state index is 2.49. The minimum Gasteiger partial charge on any atom is -0.309 e. The van der Waals surface area contributed by atoms with Crippen molar-refractivity contribution in [3.8, 4) is 22.7 Å². The van der Waals surface area contributed by atoms with E-state index in [2.05, 4.69) is 309 Å². The van der Waals surface area contributed by atoms with Crippen LogP contribution in [-0.2, 0) is 0 Å². The molecular weight excluding hydrogens is 953 g/mol. The summed E-state index contributed by atoms with van der Waals surface area (Å²) in [7, 11) is -1.91. The second kappa shape index (κ2) is 17.1. The molecule has 362 valence electrons. The molecule has 0 spiro atoms. The predicted molar refractivity (Wildman–Crippen MR) is 324 cm³/mol. The quantitative estimate of drug-likeness (QED) is 0.145. The minimum absolute atomic E-state index is 1.11. The van der Waals surface area contributed by atoms with Gasteiger partial charge in [-0.25, -0.2) is 0 Å². The molecule has 0 amide bonds. The van der Waals surface area contributed by atoms with Crippen LogP contribution in [0, 0.1) is 0 Å². The number of fused-ring (bicyclic) bond motifs is 12. The van der Waals surface area contributed by atoms with Crippen LogP contribution in [0.1, 0.15) is 0 Å². The highest BCUT2D eigenvalue weighted by Gasteiger charge is 2.34. The fourth-order valence-corrected chi connectivity index (χ4v) is 16.7. The van der Waals surface area contributed by atoms with Crippen molar-refractivity contribution < 1.29 is 0 Å². The van der Waals surface area contributed by atoms with Crippen molar-refractivity contribution in [3.05, 3.63) is 291 Å². The molecule has 0 saturated heterocycles. The third-order valence-electron chi connectivity index (χ3n) is 16.0. The first kappa shape index (κ1) is 43.6. The van der Waals surface area contributed by atoms with Crippen molar-refractivity contribution in [1.82, 2.24) is 18.3 Å². The highest BCUT2D eigenvalue weighted by molar-refractivity contribution is 8.34. The van der Waals surface area contributed by atoms with Crippen LogP contribution in [0.5, 0.6) is 0 Å². The SMILES string of the molecule is c1ccc(S(c2ccccc2)(c2ccccc2)c2cccc(-n3c4ccccc4c4cc(-n5c6ccc(-n7c8ccccc8c8ccccc87)cc6c6cc(-n7c8ccccc8c8ccccc87)ccc65)ccc43)c2)cc1. The molecule has 0 bridgehead atoms. The van der Waals surface area contributed by atoms with Gasteiger partial charge in [0.15, 0.2) is 0 Å². The van der Waals surface area contributed by atoms with E-state index in [4.69, 9.17) is 0 Å². The smallest absolute Gasteiger partial charge is 0.0542 e. The molecule has 12 aromatic carbocycles. The van der Waals surface area contributed by atoms with Gasteiger partial charge in [-0.3, -0.25) is 0 Å². The molecule has 0 fully saturated rings. The van der Waals surface area contributed by atoms with Crippen LogP contribution in [0.25, 0.3) is 110 Å². The van der Waals surface area contributed by atoms with E-state index in [0.29, 0.717) is 0 Å². The van der Waals surface area contributed by atoms with E-state index < -0.39 is 10.0 Å². The molecule has 0 unspecified atom stereocenters. The van der Waals surface area contributed by atoms with Gasteiger partial charge in [0.2, 0.25) is 0 Å². The van der Waals surface area contributed by atoms with E-state index in [1.165, 1.54) is 90.3 Å². The topological polar surface area (TPSA) is 19.7 Å². The summed E-state index contributed by atoms with van der Waals surface area (Å²) >= 11 is 0. The number of rotatable bonds is 8. The number of hydrogen-bond donors (Lipinski definition) is 0. The van der Waals surface area contributed by atoms with Crippen molar-refractivity contribution in [2.45, 2.75) is 19.6 Å². The van der Waals surface area contributed by atoms with Crippen molar-refractivity contribution in [3.63, 3.8) is 0 Å². The Balaban J connectivity index is 0.926. The summed E-state index contributed by atoms with van der Waals surface area (Å²) in [5, 5.41) is 9.82. The fourth-order valence-electron chi connectivity index (χ4n) is 12.8. The zero-order valence-corrected chi connectivity index (χ0v) is 42.7. The molecule has 77 heavy (non-hydrogen) atoms. The van der Waals surface area contributed by atoms with Crippen LogP contribution in [0.3, 0.4) is 0 Å². The van der Waals surface area contributed by atoms with Gasteiger partial charge in [-0.05, 0) is 140 Å². The van der Waals surface area contributed by atoms with Gasteiger partial charge < -0.3 is 18.3 Å². The molecule has 0 radical (unpaired) electrons. The maximum absolute atomic E-state index is 2.49. The summed E-state index contributed by atoms with van der Waals surface area (Å²) < 4.78 is 9.83. The molecule has 16 rings (SSSR count). The molecule has 4 heterocycles. The van der Waals surface area contributed by atoms with E-state index in [-0.39, 0.29) is 0 Å². The monoisotopic (exact) mass is 1000 g/mol. The number of nitrogens with zero attached hydrogens (tertiary/aromatic N) is 4. The Morgan fingerprint density at radius 1 is 0.169 bits per heavy atom. The zero-order valence-electron chi connectivity index (χ0n) is 41.9. The Morgan fingerprint density at radius 2 is 0.416 bits per heavy atom. The van der Waals surface area contributed by atoms with Gasteiger partial charge in [0, 0.05) is 85.4 Å². The molecule has 16 aromatic rings. The van der Waals surface area contributed by atoms with Crippen molar-refractivity contribution in [2.24, 2.45) is 0 Å². The zero-order chi connectivity index (χ0) is 50.6. The molecule has 0 atom stereocenters. The average Bonchev–Trinajstić information content (AvgIpc) is 4.23. The lowest BCUT2D eigenvalue weighted by atomic mass is 10.1.